The molecule has 0 N–H and O–H groups in total. The second-order valence-electron chi connectivity index (χ2n) is 9.15. The molecule has 0 unspecified atom stereocenters. The second-order valence-corrected chi connectivity index (χ2v) is 9.15. The quantitative estimate of drug-likeness (QED) is 0.622. The summed E-state index contributed by atoms with van der Waals surface area (Å²) in [5.41, 5.74) is 7.52. The molecule has 2 nitrogen and oxygen atoms in total. The SMILES string of the molecule is C/C(=C\c1ccno1)c1cc2c(cc1C(C)C)C(C)(C)CCC2(C)C. The molecule has 0 bridgehead atoms. The van der Waals surface area contributed by atoms with Gasteiger partial charge >= 0.3 is 0 Å². The van der Waals surface area contributed by atoms with Gasteiger partial charge in [-0.15, -0.1) is 0 Å². The van der Waals surface area contributed by atoms with Gasteiger partial charge in [0.2, 0.25) is 0 Å². The highest BCUT2D eigenvalue weighted by atomic mass is 16.5. The van der Waals surface area contributed by atoms with Crippen molar-refractivity contribution < 1.29 is 4.52 Å². The third-order valence-electron chi connectivity index (χ3n) is 5.89. The van der Waals surface area contributed by atoms with Crippen molar-refractivity contribution >= 4 is 11.6 Å². The van der Waals surface area contributed by atoms with Crippen molar-refractivity contribution in [1.82, 2.24) is 5.16 Å². The van der Waals surface area contributed by atoms with Gasteiger partial charge < -0.3 is 4.52 Å². The summed E-state index contributed by atoms with van der Waals surface area (Å²) in [7, 11) is 0. The smallest absolute Gasteiger partial charge is 0.159 e. The lowest BCUT2D eigenvalue weighted by atomic mass is 9.62. The summed E-state index contributed by atoms with van der Waals surface area (Å²) in [5, 5.41) is 3.82. The van der Waals surface area contributed by atoms with E-state index >= 15 is 0 Å². The molecule has 134 valence electrons. The van der Waals surface area contributed by atoms with E-state index in [1.54, 1.807) is 6.20 Å². The van der Waals surface area contributed by atoms with Crippen molar-refractivity contribution in [2.75, 3.05) is 0 Å². The fraction of sp³-hybridized carbons (Fsp3) is 0.522. The summed E-state index contributed by atoms with van der Waals surface area (Å²) < 4.78 is 5.29. The fourth-order valence-electron chi connectivity index (χ4n) is 4.04. The second kappa shape index (κ2) is 6.16. The molecule has 3 rings (SSSR count). The van der Waals surface area contributed by atoms with Crippen LogP contribution in [0.3, 0.4) is 0 Å². The molecule has 0 radical (unpaired) electrons. The number of hydrogen-bond acceptors (Lipinski definition) is 2. The van der Waals surface area contributed by atoms with Crippen molar-refractivity contribution in [3.05, 3.63) is 52.4 Å². The van der Waals surface area contributed by atoms with Gasteiger partial charge in [0.1, 0.15) is 0 Å². The van der Waals surface area contributed by atoms with Gasteiger partial charge in [-0.2, -0.15) is 0 Å². The summed E-state index contributed by atoms with van der Waals surface area (Å²) in [6.07, 6.45) is 6.28. The molecule has 1 aliphatic carbocycles. The van der Waals surface area contributed by atoms with E-state index in [2.05, 4.69) is 71.8 Å². The van der Waals surface area contributed by atoms with Crippen LogP contribution in [0.2, 0.25) is 0 Å². The molecular weight excluding hydrogens is 306 g/mol. The molecule has 2 heteroatoms. The minimum atomic E-state index is 0.224. The first-order valence-electron chi connectivity index (χ1n) is 9.40. The largest absolute Gasteiger partial charge is 0.357 e. The summed E-state index contributed by atoms with van der Waals surface area (Å²) in [5.74, 6) is 1.30. The Morgan fingerprint density at radius 3 is 2.20 bits per heavy atom. The number of hydrogen-bond donors (Lipinski definition) is 0. The van der Waals surface area contributed by atoms with Crippen LogP contribution < -0.4 is 0 Å². The van der Waals surface area contributed by atoms with Crippen molar-refractivity contribution in [3.63, 3.8) is 0 Å². The minimum Gasteiger partial charge on any atom is -0.357 e. The maximum absolute atomic E-state index is 5.29. The highest BCUT2D eigenvalue weighted by Gasteiger charge is 2.37. The van der Waals surface area contributed by atoms with Gasteiger partial charge in [-0.05, 0) is 70.4 Å². The van der Waals surface area contributed by atoms with Gasteiger partial charge in [-0.25, -0.2) is 0 Å². The molecule has 2 aromatic rings. The Bertz CT molecular complexity index is 792. The Hall–Kier alpha value is -1.83. The summed E-state index contributed by atoms with van der Waals surface area (Å²) >= 11 is 0. The molecule has 1 aliphatic rings. The Balaban J connectivity index is 2.22. The average Bonchev–Trinajstić information content (AvgIpc) is 3.03. The van der Waals surface area contributed by atoms with Crippen molar-refractivity contribution in [2.24, 2.45) is 0 Å². The zero-order valence-electron chi connectivity index (χ0n) is 16.7. The Morgan fingerprint density at radius 1 is 1.08 bits per heavy atom. The lowest BCUT2D eigenvalue weighted by Crippen LogP contribution is -2.34. The van der Waals surface area contributed by atoms with E-state index in [1.807, 2.05) is 6.07 Å². The van der Waals surface area contributed by atoms with Gasteiger partial charge in [-0.3, -0.25) is 0 Å². The molecular formula is C23H31NO. The van der Waals surface area contributed by atoms with Crippen LogP contribution in [0.5, 0.6) is 0 Å². The zero-order chi connectivity index (χ0) is 18.4. The van der Waals surface area contributed by atoms with E-state index in [0.717, 1.165) is 5.76 Å². The van der Waals surface area contributed by atoms with Gasteiger partial charge in [0, 0.05) is 6.07 Å². The number of aromatic nitrogens is 1. The third-order valence-corrected chi connectivity index (χ3v) is 5.89. The van der Waals surface area contributed by atoms with E-state index in [1.165, 1.54) is 40.7 Å². The number of benzene rings is 1. The van der Waals surface area contributed by atoms with Crippen LogP contribution in [-0.2, 0) is 10.8 Å². The Labute approximate surface area is 152 Å². The first-order valence-corrected chi connectivity index (χ1v) is 9.40. The van der Waals surface area contributed by atoms with Gasteiger partial charge in [0.05, 0.1) is 6.20 Å². The van der Waals surface area contributed by atoms with E-state index in [9.17, 15) is 0 Å². The lowest BCUT2D eigenvalue weighted by molar-refractivity contribution is 0.331. The summed E-state index contributed by atoms with van der Waals surface area (Å²) in [6, 6.07) is 6.84. The van der Waals surface area contributed by atoms with Crippen LogP contribution in [0, 0.1) is 0 Å². The maximum Gasteiger partial charge on any atom is 0.159 e. The predicted molar refractivity (Wildman–Crippen MR) is 106 cm³/mol. The highest BCUT2D eigenvalue weighted by Crippen LogP contribution is 2.48. The first kappa shape index (κ1) is 18.0. The summed E-state index contributed by atoms with van der Waals surface area (Å²) in [4.78, 5) is 0. The number of rotatable bonds is 3. The van der Waals surface area contributed by atoms with Crippen molar-refractivity contribution in [2.45, 2.75) is 78.1 Å². The molecule has 1 aromatic heterocycles. The molecule has 1 heterocycles. The standard InChI is InChI=1S/C23H31NO/c1-15(2)18-13-20-21(23(6,7)10-9-22(20,4)5)14-19(18)16(3)12-17-8-11-24-25-17/h8,11-15H,9-10H2,1-7H3/b16-12+. The molecule has 25 heavy (non-hydrogen) atoms. The Kier molecular flexibility index (Phi) is 4.43. The molecule has 0 aliphatic heterocycles. The molecule has 0 saturated heterocycles. The number of fused-ring (bicyclic) bond motifs is 1. The Morgan fingerprint density at radius 2 is 1.68 bits per heavy atom. The normalized spacial score (nSPS) is 19.1. The zero-order valence-corrected chi connectivity index (χ0v) is 16.7. The van der Waals surface area contributed by atoms with Crippen LogP contribution in [0.15, 0.2) is 28.9 Å². The molecule has 0 amide bonds. The van der Waals surface area contributed by atoms with Crippen LogP contribution in [0.1, 0.15) is 95.2 Å². The monoisotopic (exact) mass is 337 g/mol. The highest BCUT2D eigenvalue weighted by molar-refractivity contribution is 5.81. The summed E-state index contributed by atoms with van der Waals surface area (Å²) in [6.45, 7) is 16.3. The van der Waals surface area contributed by atoms with Crippen LogP contribution in [-0.4, -0.2) is 5.16 Å². The molecule has 0 fully saturated rings. The van der Waals surface area contributed by atoms with Crippen LogP contribution in [0.25, 0.3) is 11.6 Å². The molecule has 0 spiro atoms. The fourth-order valence-corrected chi connectivity index (χ4v) is 4.04. The van der Waals surface area contributed by atoms with Crippen molar-refractivity contribution in [1.29, 1.82) is 0 Å². The van der Waals surface area contributed by atoms with Gasteiger partial charge in [-0.1, -0.05) is 58.8 Å². The molecule has 1 aromatic carbocycles. The van der Waals surface area contributed by atoms with Gasteiger partial charge in [0.15, 0.2) is 5.76 Å². The van der Waals surface area contributed by atoms with Gasteiger partial charge in [0.25, 0.3) is 0 Å². The van der Waals surface area contributed by atoms with Crippen LogP contribution in [0.4, 0.5) is 0 Å². The van der Waals surface area contributed by atoms with E-state index < -0.39 is 0 Å². The third kappa shape index (κ3) is 3.31. The predicted octanol–water partition coefficient (Wildman–Crippen LogP) is 6.71. The number of nitrogens with zero attached hydrogens (tertiary/aromatic N) is 1. The lowest BCUT2D eigenvalue weighted by Gasteiger charge is -2.43. The molecule has 0 saturated carbocycles. The van der Waals surface area contributed by atoms with E-state index in [-0.39, 0.29) is 10.8 Å². The van der Waals surface area contributed by atoms with E-state index in [0.29, 0.717) is 5.92 Å². The average molecular weight is 338 g/mol. The topological polar surface area (TPSA) is 26.0 Å². The van der Waals surface area contributed by atoms with E-state index in [4.69, 9.17) is 4.52 Å². The maximum atomic E-state index is 5.29. The van der Waals surface area contributed by atoms with Crippen LogP contribution >= 0.6 is 0 Å². The first-order chi connectivity index (χ1) is 11.6. The number of allylic oxidation sites excluding steroid dienone is 1. The molecule has 0 atom stereocenters. The minimum absolute atomic E-state index is 0.224. The van der Waals surface area contributed by atoms with Crippen molar-refractivity contribution in [3.8, 4) is 0 Å².